The van der Waals surface area contributed by atoms with E-state index in [-0.39, 0.29) is 6.04 Å². The molecule has 1 aliphatic rings. The highest BCUT2D eigenvalue weighted by atomic mass is 32.1. The van der Waals surface area contributed by atoms with Gasteiger partial charge in [0.15, 0.2) is 5.13 Å². The van der Waals surface area contributed by atoms with Crippen molar-refractivity contribution in [2.45, 2.75) is 38.6 Å². The van der Waals surface area contributed by atoms with E-state index in [1.54, 1.807) is 4.90 Å². The van der Waals surface area contributed by atoms with E-state index in [9.17, 15) is 9.90 Å². The molecular formula is C11H17N3O2S. The van der Waals surface area contributed by atoms with Gasteiger partial charge in [0, 0.05) is 23.9 Å². The fraction of sp³-hybridized carbons (Fsp3) is 0.636. The van der Waals surface area contributed by atoms with Crippen LogP contribution in [-0.2, 0) is 12.8 Å². The number of aromatic nitrogens is 1. The number of rotatable bonds is 3. The van der Waals surface area contributed by atoms with Gasteiger partial charge in [-0.3, -0.25) is 0 Å². The first-order chi connectivity index (χ1) is 8.11. The average molecular weight is 255 g/mol. The van der Waals surface area contributed by atoms with E-state index in [4.69, 9.17) is 5.73 Å². The Bertz CT molecular complexity index is 419. The fourth-order valence-electron chi connectivity index (χ4n) is 2.32. The van der Waals surface area contributed by atoms with E-state index in [1.807, 2.05) is 6.92 Å². The maximum absolute atomic E-state index is 11.2. The fourth-order valence-corrected chi connectivity index (χ4v) is 3.27. The molecule has 2 rings (SSSR count). The number of aryl methyl sites for hydroxylation is 1. The lowest BCUT2D eigenvalue weighted by atomic mass is 9.96. The molecule has 5 nitrogen and oxygen atoms in total. The summed E-state index contributed by atoms with van der Waals surface area (Å²) in [4.78, 5) is 18.2. The summed E-state index contributed by atoms with van der Waals surface area (Å²) in [6.45, 7) is 2.60. The number of anilines is 1. The van der Waals surface area contributed by atoms with Gasteiger partial charge in [-0.15, -0.1) is 11.3 Å². The Hall–Kier alpha value is -1.30. The molecule has 1 aromatic rings. The van der Waals surface area contributed by atoms with Crippen LogP contribution in [0.2, 0.25) is 0 Å². The zero-order valence-electron chi connectivity index (χ0n) is 9.85. The summed E-state index contributed by atoms with van der Waals surface area (Å²) < 4.78 is 0. The Morgan fingerprint density at radius 3 is 3.12 bits per heavy atom. The van der Waals surface area contributed by atoms with Gasteiger partial charge >= 0.3 is 6.09 Å². The van der Waals surface area contributed by atoms with E-state index >= 15 is 0 Å². The van der Waals surface area contributed by atoms with Crippen molar-refractivity contribution < 1.29 is 9.90 Å². The quantitative estimate of drug-likeness (QED) is 0.865. The molecule has 0 radical (unpaired) electrons. The van der Waals surface area contributed by atoms with Gasteiger partial charge in [-0.1, -0.05) is 6.92 Å². The third-order valence-corrected chi connectivity index (χ3v) is 4.03. The van der Waals surface area contributed by atoms with Gasteiger partial charge < -0.3 is 15.7 Å². The molecule has 1 amide bonds. The SMILES string of the molecule is CCCN(C(=O)O)C1CCc2nc(N)sc2C1. The van der Waals surface area contributed by atoms with Gasteiger partial charge in [-0.2, -0.15) is 0 Å². The normalized spacial score (nSPS) is 18.8. The van der Waals surface area contributed by atoms with Gasteiger partial charge in [0.25, 0.3) is 0 Å². The summed E-state index contributed by atoms with van der Waals surface area (Å²) >= 11 is 1.49. The van der Waals surface area contributed by atoms with Crippen molar-refractivity contribution in [3.05, 3.63) is 10.6 Å². The second kappa shape index (κ2) is 4.91. The predicted octanol–water partition coefficient (Wildman–Crippen LogP) is 1.97. The number of thiazole rings is 1. The van der Waals surface area contributed by atoms with Gasteiger partial charge in [0.1, 0.15) is 0 Å². The molecule has 0 aromatic carbocycles. The Morgan fingerprint density at radius 2 is 2.47 bits per heavy atom. The van der Waals surface area contributed by atoms with Gasteiger partial charge in [-0.25, -0.2) is 9.78 Å². The molecule has 0 fully saturated rings. The van der Waals surface area contributed by atoms with Crippen molar-refractivity contribution in [2.75, 3.05) is 12.3 Å². The van der Waals surface area contributed by atoms with Crippen LogP contribution in [0.15, 0.2) is 0 Å². The van der Waals surface area contributed by atoms with E-state index in [2.05, 4.69) is 4.98 Å². The molecule has 17 heavy (non-hydrogen) atoms. The predicted molar refractivity (Wildman–Crippen MR) is 67.4 cm³/mol. The number of hydrogen-bond acceptors (Lipinski definition) is 4. The molecule has 1 heterocycles. The van der Waals surface area contributed by atoms with Crippen LogP contribution in [0.4, 0.5) is 9.93 Å². The molecule has 1 aromatic heterocycles. The number of carbonyl (C=O) groups is 1. The van der Waals surface area contributed by atoms with Crippen LogP contribution in [0.1, 0.15) is 30.3 Å². The van der Waals surface area contributed by atoms with Crippen molar-refractivity contribution in [3.8, 4) is 0 Å². The average Bonchev–Trinajstić information content (AvgIpc) is 2.64. The van der Waals surface area contributed by atoms with Crippen LogP contribution in [0, 0.1) is 0 Å². The Balaban J connectivity index is 2.12. The highest BCUT2D eigenvalue weighted by molar-refractivity contribution is 7.15. The van der Waals surface area contributed by atoms with Crippen LogP contribution in [0.25, 0.3) is 0 Å². The Kier molecular flexibility index (Phi) is 3.51. The summed E-state index contributed by atoms with van der Waals surface area (Å²) in [5.41, 5.74) is 6.74. The topological polar surface area (TPSA) is 79.5 Å². The maximum atomic E-state index is 11.2. The minimum absolute atomic E-state index is 0.0831. The van der Waals surface area contributed by atoms with Crippen LogP contribution < -0.4 is 5.73 Å². The number of hydrogen-bond donors (Lipinski definition) is 2. The summed E-state index contributed by atoms with van der Waals surface area (Å²) in [7, 11) is 0. The summed E-state index contributed by atoms with van der Waals surface area (Å²) in [6, 6.07) is 0.0831. The summed E-state index contributed by atoms with van der Waals surface area (Å²) in [6.07, 6.45) is 2.47. The van der Waals surface area contributed by atoms with Crippen LogP contribution in [0.5, 0.6) is 0 Å². The third kappa shape index (κ3) is 2.52. The standard InChI is InChI=1S/C11H17N3O2S/c1-2-5-14(11(15)16)7-3-4-8-9(6-7)17-10(12)13-8/h7H,2-6H2,1H3,(H2,12,13)(H,15,16). The number of fused-ring (bicyclic) bond motifs is 1. The van der Waals surface area contributed by atoms with Crippen molar-refractivity contribution in [1.29, 1.82) is 0 Å². The number of amides is 1. The minimum atomic E-state index is -0.821. The molecule has 0 bridgehead atoms. The van der Waals surface area contributed by atoms with Crippen LogP contribution in [-0.4, -0.2) is 33.7 Å². The number of carboxylic acid groups (broad SMARTS) is 1. The largest absolute Gasteiger partial charge is 0.465 e. The van der Waals surface area contributed by atoms with E-state index < -0.39 is 6.09 Å². The zero-order valence-corrected chi connectivity index (χ0v) is 10.7. The van der Waals surface area contributed by atoms with E-state index in [1.165, 1.54) is 11.3 Å². The lowest BCUT2D eigenvalue weighted by molar-refractivity contribution is 0.119. The van der Waals surface area contributed by atoms with Crippen molar-refractivity contribution in [2.24, 2.45) is 0 Å². The van der Waals surface area contributed by atoms with E-state index in [0.717, 1.165) is 36.3 Å². The van der Waals surface area contributed by atoms with Gasteiger partial charge in [0.05, 0.1) is 5.69 Å². The highest BCUT2D eigenvalue weighted by Crippen LogP contribution is 2.30. The molecule has 94 valence electrons. The van der Waals surface area contributed by atoms with Crippen LogP contribution >= 0.6 is 11.3 Å². The molecule has 0 spiro atoms. The maximum Gasteiger partial charge on any atom is 0.407 e. The van der Waals surface area contributed by atoms with Gasteiger partial charge in [-0.05, 0) is 19.3 Å². The second-order valence-corrected chi connectivity index (χ2v) is 5.41. The Morgan fingerprint density at radius 1 is 1.71 bits per heavy atom. The van der Waals surface area contributed by atoms with Crippen molar-refractivity contribution >= 4 is 22.6 Å². The Labute approximate surface area is 104 Å². The number of nitrogens with two attached hydrogens (primary N) is 1. The zero-order chi connectivity index (χ0) is 12.4. The number of nitrogens with zero attached hydrogens (tertiary/aromatic N) is 2. The molecule has 6 heteroatoms. The lowest BCUT2D eigenvalue weighted by Gasteiger charge is -2.31. The summed E-state index contributed by atoms with van der Waals surface area (Å²) in [5, 5.41) is 9.79. The molecular weight excluding hydrogens is 238 g/mol. The van der Waals surface area contributed by atoms with Crippen molar-refractivity contribution in [1.82, 2.24) is 9.88 Å². The molecule has 0 aliphatic heterocycles. The monoisotopic (exact) mass is 255 g/mol. The first-order valence-corrected chi connectivity index (χ1v) is 6.67. The smallest absolute Gasteiger partial charge is 0.407 e. The van der Waals surface area contributed by atoms with E-state index in [0.29, 0.717) is 11.7 Å². The van der Waals surface area contributed by atoms with Crippen LogP contribution in [0.3, 0.4) is 0 Å². The molecule has 1 unspecified atom stereocenters. The third-order valence-electron chi connectivity index (χ3n) is 3.08. The molecule has 1 atom stereocenters. The summed E-state index contributed by atoms with van der Waals surface area (Å²) in [5.74, 6) is 0. The number of nitrogen functional groups attached to an aromatic ring is 1. The van der Waals surface area contributed by atoms with Gasteiger partial charge in [0.2, 0.25) is 0 Å². The van der Waals surface area contributed by atoms with Crippen molar-refractivity contribution in [3.63, 3.8) is 0 Å². The molecule has 1 aliphatic carbocycles. The molecule has 3 N–H and O–H groups in total. The second-order valence-electron chi connectivity index (χ2n) is 4.29. The highest BCUT2D eigenvalue weighted by Gasteiger charge is 2.28. The first kappa shape index (κ1) is 12.2. The molecule has 0 saturated heterocycles. The lowest BCUT2D eigenvalue weighted by Crippen LogP contribution is -2.42. The molecule has 0 saturated carbocycles. The first-order valence-electron chi connectivity index (χ1n) is 5.85. The minimum Gasteiger partial charge on any atom is -0.465 e.